The van der Waals surface area contributed by atoms with Gasteiger partial charge < -0.3 is 9.47 Å². The van der Waals surface area contributed by atoms with Crippen LogP contribution in [0.1, 0.15) is 12.8 Å². The molecule has 0 atom stereocenters. The van der Waals surface area contributed by atoms with Crippen molar-refractivity contribution in [1.82, 2.24) is 0 Å². The van der Waals surface area contributed by atoms with Crippen molar-refractivity contribution in [2.75, 3.05) is 32.2 Å². The smallest absolute Gasteiger partial charge is 0.264 e. The van der Waals surface area contributed by atoms with Gasteiger partial charge in [-0.3, -0.25) is 4.55 Å². The lowest BCUT2D eigenvalue weighted by molar-refractivity contribution is 0.0567. The van der Waals surface area contributed by atoms with E-state index < -0.39 is 10.1 Å². The van der Waals surface area contributed by atoms with Gasteiger partial charge in [0, 0.05) is 13.2 Å². The Labute approximate surface area is 85.1 Å². The van der Waals surface area contributed by atoms with E-state index >= 15 is 0 Å². The lowest BCUT2D eigenvalue weighted by Gasteiger charge is -2.03. The summed E-state index contributed by atoms with van der Waals surface area (Å²) in [6.45, 7) is 5.38. The molecule has 0 aromatic carbocycles. The highest BCUT2D eigenvalue weighted by molar-refractivity contribution is 7.85. The molecule has 1 radical (unpaired) electrons. The minimum atomic E-state index is -3.81. The molecule has 0 spiro atoms. The molecule has 5 nitrogen and oxygen atoms in total. The summed E-state index contributed by atoms with van der Waals surface area (Å²) in [6, 6.07) is 0. The molecule has 0 amide bonds. The van der Waals surface area contributed by atoms with Crippen molar-refractivity contribution in [1.29, 1.82) is 0 Å². The molecule has 14 heavy (non-hydrogen) atoms. The summed E-state index contributed by atoms with van der Waals surface area (Å²) in [6.07, 6.45) is 1.03. The van der Waals surface area contributed by atoms with Gasteiger partial charge in [-0.2, -0.15) is 8.42 Å². The van der Waals surface area contributed by atoms with Crippen LogP contribution in [0.2, 0.25) is 0 Å². The van der Waals surface area contributed by atoms with Gasteiger partial charge in [0.15, 0.2) is 0 Å². The Morgan fingerprint density at radius 3 is 2.29 bits per heavy atom. The van der Waals surface area contributed by atoms with Crippen LogP contribution >= 0.6 is 0 Å². The molecule has 0 rings (SSSR count). The van der Waals surface area contributed by atoms with Crippen LogP contribution in [0.5, 0.6) is 0 Å². The van der Waals surface area contributed by atoms with Gasteiger partial charge in [0.25, 0.3) is 10.1 Å². The second-order valence-corrected chi connectivity index (χ2v) is 4.29. The van der Waals surface area contributed by atoms with Crippen molar-refractivity contribution < 1.29 is 22.4 Å². The zero-order valence-corrected chi connectivity index (χ0v) is 8.96. The van der Waals surface area contributed by atoms with Gasteiger partial charge in [-0.1, -0.05) is 0 Å². The lowest BCUT2D eigenvalue weighted by Crippen LogP contribution is -2.07. The Bertz CT molecular complexity index is 212. The largest absolute Gasteiger partial charge is 0.379 e. The maximum atomic E-state index is 10.3. The summed E-state index contributed by atoms with van der Waals surface area (Å²) in [5.41, 5.74) is 0. The van der Waals surface area contributed by atoms with Crippen molar-refractivity contribution in [3.8, 4) is 0 Å². The van der Waals surface area contributed by atoms with Gasteiger partial charge >= 0.3 is 0 Å². The molecule has 0 saturated carbocycles. The van der Waals surface area contributed by atoms with Crippen LogP contribution in [0.15, 0.2) is 0 Å². The average molecular weight is 225 g/mol. The van der Waals surface area contributed by atoms with Gasteiger partial charge in [-0.25, -0.2) is 0 Å². The Balaban J connectivity index is 3.07. The molecule has 0 aliphatic heterocycles. The first-order valence-corrected chi connectivity index (χ1v) is 6.07. The highest BCUT2D eigenvalue weighted by atomic mass is 32.2. The molecule has 0 aromatic heterocycles. The number of rotatable bonds is 9. The van der Waals surface area contributed by atoms with E-state index in [1.54, 1.807) is 0 Å². The van der Waals surface area contributed by atoms with Crippen LogP contribution in [0.25, 0.3) is 0 Å². The van der Waals surface area contributed by atoms with E-state index in [0.717, 1.165) is 0 Å². The quantitative estimate of drug-likeness (QED) is 0.457. The van der Waals surface area contributed by atoms with Crippen molar-refractivity contribution in [2.45, 2.75) is 12.8 Å². The fraction of sp³-hybridized carbons (Fsp3) is 0.875. The van der Waals surface area contributed by atoms with E-state index in [2.05, 4.69) is 6.92 Å². The minimum absolute atomic E-state index is 0.203. The predicted octanol–water partition coefficient (Wildman–Crippen LogP) is 0.522. The van der Waals surface area contributed by atoms with Gasteiger partial charge in [0.05, 0.1) is 19.0 Å². The summed E-state index contributed by atoms with van der Waals surface area (Å²) >= 11 is 0. The standard InChI is InChI=1S/C8H17O5S/c1-2-12-6-7-13-5-3-4-8-14(9,10)11/h1-8H2,(H,9,10,11). The average Bonchev–Trinajstić information content (AvgIpc) is 2.08. The SMILES string of the molecule is [CH2]COCCOCCCCS(=O)(=O)O. The molecular formula is C8H17O5S. The van der Waals surface area contributed by atoms with Crippen LogP contribution in [0.4, 0.5) is 0 Å². The first-order valence-electron chi connectivity index (χ1n) is 4.46. The van der Waals surface area contributed by atoms with E-state index in [1.165, 1.54) is 0 Å². The fourth-order valence-corrected chi connectivity index (χ4v) is 1.38. The van der Waals surface area contributed by atoms with Crippen LogP contribution in [0.3, 0.4) is 0 Å². The first-order chi connectivity index (χ1) is 6.56. The minimum Gasteiger partial charge on any atom is -0.379 e. The van der Waals surface area contributed by atoms with Gasteiger partial charge in [0.1, 0.15) is 0 Å². The third-order valence-electron chi connectivity index (χ3n) is 1.46. The van der Waals surface area contributed by atoms with E-state index in [-0.39, 0.29) is 5.75 Å². The maximum Gasteiger partial charge on any atom is 0.264 e. The number of hydrogen-bond acceptors (Lipinski definition) is 4. The number of unbranched alkanes of at least 4 members (excludes halogenated alkanes) is 1. The summed E-state index contributed by atoms with van der Waals surface area (Å²) in [7, 11) is -3.81. The normalized spacial score (nSPS) is 11.9. The molecular weight excluding hydrogens is 208 g/mol. The van der Waals surface area contributed by atoms with Crippen LogP contribution in [-0.2, 0) is 19.6 Å². The summed E-state index contributed by atoms with van der Waals surface area (Å²) in [4.78, 5) is 0. The topological polar surface area (TPSA) is 72.8 Å². The molecule has 6 heteroatoms. The van der Waals surface area contributed by atoms with Crippen molar-refractivity contribution >= 4 is 10.1 Å². The Hall–Kier alpha value is -0.170. The van der Waals surface area contributed by atoms with E-state index in [9.17, 15) is 8.42 Å². The Kier molecular flexibility index (Phi) is 8.07. The highest BCUT2D eigenvalue weighted by Gasteiger charge is 2.02. The zero-order chi connectivity index (χ0) is 10.9. The molecule has 0 aliphatic carbocycles. The predicted molar refractivity (Wildman–Crippen MR) is 52.6 cm³/mol. The van der Waals surface area contributed by atoms with Crippen molar-refractivity contribution in [3.63, 3.8) is 0 Å². The van der Waals surface area contributed by atoms with E-state index in [4.69, 9.17) is 14.0 Å². The molecule has 85 valence electrons. The van der Waals surface area contributed by atoms with Crippen molar-refractivity contribution in [2.24, 2.45) is 0 Å². The van der Waals surface area contributed by atoms with Crippen LogP contribution in [-0.4, -0.2) is 45.2 Å². The summed E-state index contributed by atoms with van der Waals surface area (Å²) in [5, 5.41) is 0. The van der Waals surface area contributed by atoms with E-state index in [1.807, 2.05) is 0 Å². The molecule has 0 bridgehead atoms. The summed E-state index contributed by atoms with van der Waals surface area (Å²) in [5.74, 6) is -0.203. The van der Waals surface area contributed by atoms with Crippen LogP contribution in [0, 0.1) is 6.92 Å². The van der Waals surface area contributed by atoms with E-state index in [0.29, 0.717) is 39.3 Å². The maximum absolute atomic E-state index is 10.3. The molecule has 0 fully saturated rings. The first kappa shape index (κ1) is 13.8. The lowest BCUT2D eigenvalue weighted by atomic mass is 10.4. The van der Waals surface area contributed by atoms with Crippen LogP contribution < -0.4 is 0 Å². The fourth-order valence-electron chi connectivity index (χ4n) is 0.811. The summed E-state index contributed by atoms with van der Waals surface area (Å²) < 4.78 is 39.0. The van der Waals surface area contributed by atoms with Gasteiger partial charge in [0.2, 0.25) is 0 Å². The second kappa shape index (κ2) is 8.16. The molecule has 0 unspecified atom stereocenters. The molecule has 0 aliphatic rings. The van der Waals surface area contributed by atoms with Crippen molar-refractivity contribution in [3.05, 3.63) is 6.92 Å². The molecule has 0 aromatic rings. The monoisotopic (exact) mass is 225 g/mol. The number of hydrogen-bond donors (Lipinski definition) is 1. The Morgan fingerprint density at radius 2 is 1.71 bits per heavy atom. The highest BCUT2D eigenvalue weighted by Crippen LogP contribution is 1.94. The zero-order valence-electron chi connectivity index (χ0n) is 8.15. The molecule has 0 heterocycles. The third kappa shape index (κ3) is 11.8. The number of ether oxygens (including phenoxy) is 2. The third-order valence-corrected chi connectivity index (χ3v) is 2.26. The molecule has 1 N–H and O–H groups in total. The molecule has 0 saturated heterocycles. The second-order valence-electron chi connectivity index (χ2n) is 2.72. The van der Waals surface area contributed by atoms with Gasteiger partial charge in [-0.05, 0) is 19.8 Å². The Morgan fingerprint density at radius 1 is 1.07 bits per heavy atom. The van der Waals surface area contributed by atoms with Gasteiger partial charge in [-0.15, -0.1) is 0 Å².